The number of hydrogen-bond donors (Lipinski definition) is 1. The molecule has 1 aliphatic heterocycles. The molecule has 1 saturated heterocycles. The average Bonchev–Trinajstić information content (AvgIpc) is 2.61. The molecule has 1 rings (SSSR count). The predicted molar refractivity (Wildman–Crippen MR) is 91.1 cm³/mol. The van der Waals surface area contributed by atoms with Crippen LogP contribution in [-0.4, -0.2) is 100 Å². The second kappa shape index (κ2) is 11.8. The van der Waals surface area contributed by atoms with Gasteiger partial charge in [0, 0.05) is 72.8 Å². The van der Waals surface area contributed by atoms with Crippen LogP contribution < -0.4 is 5.73 Å². The second-order valence-electron chi connectivity index (χ2n) is 5.60. The van der Waals surface area contributed by atoms with Gasteiger partial charge in [-0.15, -0.1) is 0 Å². The van der Waals surface area contributed by atoms with Crippen LogP contribution >= 0.6 is 0 Å². The molecule has 0 aromatic heterocycles. The van der Waals surface area contributed by atoms with Gasteiger partial charge >= 0.3 is 0 Å². The molecule has 0 atom stereocenters. The molecule has 136 valence electrons. The molecule has 0 spiro atoms. The van der Waals surface area contributed by atoms with Crippen molar-refractivity contribution in [2.24, 2.45) is 5.73 Å². The van der Waals surface area contributed by atoms with Crippen LogP contribution in [0.1, 0.15) is 0 Å². The molecule has 0 aromatic rings. The van der Waals surface area contributed by atoms with E-state index in [4.69, 9.17) is 15.2 Å². The lowest BCUT2D eigenvalue weighted by atomic mass is 10.2. The van der Waals surface area contributed by atoms with E-state index in [1.807, 2.05) is 11.0 Å². The zero-order valence-corrected chi connectivity index (χ0v) is 14.7. The molecule has 24 heavy (non-hydrogen) atoms. The van der Waals surface area contributed by atoms with E-state index in [0.29, 0.717) is 45.9 Å². The Labute approximate surface area is 144 Å². The Kier molecular flexibility index (Phi) is 10.0. The third-order valence-corrected chi connectivity index (χ3v) is 3.93. The molecule has 1 heterocycles. The fraction of sp³-hybridized carbons (Fsp3) is 0.750. The van der Waals surface area contributed by atoms with E-state index in [1.165, 1.54) is 0 Å². The molecular formula is C16H29N5O3. The summed E-state index contributed by atoms with van der Waals surface area (Å²) in [4.78, 5) is 18.4. The Hall–Kier alpha value is -1.66. The van der Waals surface area contributed by atoms with E-state index >= 15 is 0 Å². The number of hydrogen-bond acceptors (Lipinski definition) is 7. The third kappa shape index (κ3) is 6.84. The summed E-state index contributed by atoms with van der Waals surface area (Å²) in [6, 6.07) is 2.03. The Bertz CT molecular complexity index is 433. The summed E-state index contributed by atoms with van der Waals surface area (Å²) < 4.78 is 10.1. The van der Waals surface area contributed by atoms with Gasteiger partial charge in [-0.2, -0.15) is 5.26 Å². The maximum absolute atomic E-state index is 12.6. The minimum Gasteiger partial charge on any atom is -0.383 e. The molecule has 0 aromatic carbocycles. The highest BCUT2D eigenvalue weighted by Crippen LogP contribution is 2.08. The largest absolute Gasteiger partial charge is 0.383 e. The number of amides is 1. The van der Waals surface area contributed by atoms with Crippen molar-refractivity contribution in [2.45, 2.75) is 0 Å². The molecule has 2 N–H and O–H groups in total. The van der Waals surface area contributed by atoms with Gasteiger partial charge in [-0.1, -0.05) is 0 Å². The van der Waals surface area contributed by atoms with Crippen LogP contribution in [-0.2, 0) is 14.3 Å². The van der Waals surface area contributed by atoms with E-state index in [1.54, 1.807) is 25.3 Å². The highest BCUT2D eigenvalue weighted by molar-refractivity contribution is 5.97. The van der Waals surface area contributed by atoms with E-state index in [-0.39, 0.29) is 11.5 Å². The van der Waals surface area contributed by atoms with Gasteiger partial charge in [0.15, 0.2) is 0 Å². The standard InChI is InChI=1S/C16H29N5O3/c1-23-11-9-20(10-12-24-2)14-15(13-18)16(22)21-7-5-19(4-3-17)6-8-21/h14H,3-12,17H2,1-2H3/b15-14-. The first-order valence-electron chi connectivity index (χ1n) is 8.21. The van der Waals surface area contributed by atoms with Gasteiger partial charge in [-0.3, -0.25) is 9.69 Å². The SMILES string of the molecule is COCCN(/C=C(/C#N)C(=O)N1CCN(CCN)CC1)CCOC. The van der Waals surface area contributed by atoms with Gasteiger partial charge in [0.1, 0.15) is 11.6 Å². The van der Waals surface area contributed by atoms with Gasteiger partial charge in [0.2, 0.25) is 0 Å². The number of carbonyl (C=O) groups is 1. The number of methoxy groups -OCH3 is 2. The van der Waals surface area contributed by atoms with Crippen molar-refractivity contribution in [3.63, 3.8) is 0 Å². The second-order valence-corrected chi connectivity index (χ2v) is 5.60. The Balaban J connectivity index is 2.67. The Morgan fingerprint density at radius 1 is 1.21 bits per heavy atom. The number of rotatable bonds is 10. The summed E-state index contributed by atoms with van der Waals surface area (Å²) in [6.45, 7) is 6.51. The first kappa shape index (κ1) is 20.4. The van der Waals surface area contributed by atoms with Crippen molar-refractivity contribution >= 4 is 5.91 Å². The summed E-state index contributed by atoms with van der Waals surface area (Å²) in [5, 5.41) is 9.38. The lowest BCUT2D eigenvalue weighted by Crippen LogP contribution is -2.50. The Morgan fingerprint density at radius 2 is 1.79 bits per heavy atom. The molecule has 1 amide bonds. The molecule has 0 saturated carbocycles. The molecule has 0 radical (unpaired) electrons. The molecule has 1 aliphatic rings. The summed E-state index contributed by atoms with van der Waals surface area (Å²) in [6.07, 6.45) is 1.62. The van der Waals surface area contributed by atoms with Gasteiger partial charge < -0.3 is 25.0 Å². The summed E-state index contributed by atoms with van der Waals surface area (Å²) in [5.74, 6) is -0.218. The smallest absolute Gasteiger partial charge is 0.266 e. The zero-order chi connectivity index (χ0) is 17.8. The van der Waals surface area contributed by atoms with E-state index in [2.05, 4.69) is 4.90 Å². The number of nitrogens with two attached hydrogens (primary N) is 1. The van der Waals surface area contributed by atoms with Crippen LogP contribution in [0.3, 0.4) is 0 Å². The van der Waals surface area contributed by atoms with Crippen LogP contribution in [0.2, 0.25) is 0 Å². The zero-order valence-electron chi connectivity index (χ0n) is 14.7. The average molecular weight is 339 g/mol. The van der Waals surface area contributed by atoms with E-state index in [9.17, 15) is 10.1 Å². The van der Waals surface area contributed by atoms with Crippen LogP contribution in [0.25, 0.3) is 0 Å². The highest BCUT2D eigenvalue weighted by atomic mass is 16.5. The van der Waals surface area contributed by atoms with Crippen LogP contribution in [0.15, 0.2) is 11.8 Å². The quantitative estimate of drug-likeness (QED) is 0.407. The van der Waals surface area contributed by atoms with Crippen molar-refractivity contribution in [1.29, 1.82) is 5.26 Å². The molecule has 8 nitrogen and oxygen atoms in total. The number of ether oxygens (including phenoxy) is 2. The molecule has 1 fully saturated rings. The van der Waals surface area contributed by atoms with Crippen molar-refractivity contribution in [1.82, 2.24) is 14.7 Å². The maximum Gasteiger partial charge on any atom is 0.266 e. The van der Waals surface area contributed by atoms with Gasteiger partial charge in [0.25, 0.3) is 5.91 Å². The number of nitriles is 1. The van der Waals surface area contributed by atoms with E-state index < -0.39 is 0 Å². The van der Waals surface area contributed by atoms with Gasteiger partial charge in [0.05, 0.1) is 13.2 Å². The summed E-state index contributed by atoms with van der Waals surface area (Å²) >= 11 is 0. The number of piperazine rings is 1. The third-order valence-electron chi connectivity index (χ3n) is 3.93. The molecule has 0 bridgehead atoms. The fourth-order valence-electron chi connectivity index (χ4n) is 2.50. The van der Waals surface area contributed by atoms with Crippen molar-refractivity contribution in [2.75, 3.05) is 79.8 Å². The molecular weight excluding hydrogens is 310 g/mol. The highest BCUT2D eigenvalue weighted by Gasteiger charge is 2.23. The van der Waals surface area contributed by atoms with Crippen molar-refractivity contribution in [3.8, 4) is 6.07 Å². The minimum atomic E-state index is -0.218. The first-order chi connectivity index (χ1) is 11.7. The van der Waals surface area contributed by atoms with Crippen LogP contribution in [0.4, 0.5) is 0 Å². The lowest BCUT2D eigenvalue weighted by Gasteiger charge is -2.34. The molecule has 0 aliphatic carbocycles. The van der Waals surface area contributed by atoms with Gasteiger partial charge in [-0.05, 0) is 0 Å². The topological polar surface area (TPSA) is 95.1 Å². The van der Waals surface area contributed by atoms with E-state index in [0.717, 1.165) is 19.6 Å². The van der Waals surface area contributed by atoms with Crippen molar-refractivity contribution < 1.29 is 14.3 Å². The normalized spacial score (nSPS) is 16.1. The summed E-state index contributed by atoms with van der Waals surface area (Å²) in [5.41, 5.74) is 5.71. The van der Waals surface area contributed by atoms with Crippen LogP contribution in [0, 0.1) is 11.3 Å². The number of carbonyl (C=O) groups excluding carboxylic acids is 1. The number of nitrogens with zero attached hydrogens (tertiary/aromatic N) is 4. The summed E-state index contributed by atoms with van der Waals surface area (Å²) in [7, 11) is 3.24. The molecule has 8 heteroatoms. The van der Waals surface area contributed by atoms with Crippen LogP contribution in [0.5, 0.6) is 0 Å². The lowest BCUT2D eigenvalue weighted by molar-refractivity contribution is -0.128. The van der Waals surface area contributed by atoms with Gasteiger partial charge in [-0.25, -0.2) is 0 Å². The minimum absolute atomic E-state index is 0.148. The fourth-order valence-corrected chi connectivity index (χ4v) is 2.50. The van der Waals surface area contributed by atoms with Crippen molar-refractivity contribution in [3.05, 3.63) is 11.8 Å². The first-order valence-corrected chi connectivity index (χ1v) is 8.21. The molecule has 0 unspecified atom stereocenters. The maximum atomic E-state index is 12.6. The Morgan fingerprint density at radius 3 is 2.25 bits per heavy atom. The monoisotopic (exact) mass is 339 g/mol. The predicted octanol–water partition coefficient (Wildman–Crippen LogP) is -0.908.